The Bertz CT molecular complexity index is 400. The maximum atomic E-state index is 11.8. The molecule has 2 N–H and O–H groups in total. The summed E-state index contributed by atoms with van der Waals surface area (Å²) in [5.74, 6) is 0.235. The minimum absolute atomic E-state index is 0.0874. The highest BCUT2D eigenvalue weighted by Gasteiger charge is 2.24. The van der Waals surface area contributed by atoms with Crippen molar-refractivity contribution in [2.45, 2.75) is 31.7 Å². The van der Waals surface area contributed by atoms with E-state index in [2.05, 4.69) is 5.16 Å². The first-order chi connectivity index (χ1) is 6.34. The number of aromatic nitrogens is 1. The second-order valence-corrected chi connectivity index (χ2v) is 5.38. The van der Waals surface area contributed by atoms with Crippen LogP contribution < -0.4 is 5.73 Å². The van der Waals surface area contributed by atoms with E-state index in [1.54, 1.807) is 20.8 Å². The first kappa shape index (κ1) is 11.2. The molecule has 14 heavy (non-hydrogen) atoms. The van der Waals surface area contributed by atoms with Gasteiger partial charge in [-0.1, -0.05) is 5.16 Å². The number of rotatable bonds is 3. The molecule has 0 radical (unpaired) electrons. The van der Waals surface area contributed by atoms with E-state index in [9.17, 15) is 8.42 Å². The summed E-state index contributed by atoms with van der Waals surface area (Å²) in [6, 6.07) is -0.395. The molecule has 0 aliphatic carbocycles. The molecule has 1 unspecified atom stereocenters. The quantitative estimate of drug-likeness (QED) is 0.794. The van der Waals surface area contributed by atoms with E-state index in [0.717, 1.165) is 0 Å². The van der Waals surface area contributed by atoms with Crippen LogP contribution in [0.4, 0.5) is 0 Å². The Labute approximate surface area is 83.2 Å². The van der Waals surface area contributed by atoms with Gasteiger partial charge in [-0.3, -0.25) is 0 Å². The van der Waals surface area contributed by atoms with Gasteiger partial charge in [0.15, 0.2) is 15.6 Å². The van der Waals surface area contributed by atoms with Crippen molar-refractivity contribution < 1.29 is 12.9 Å². The van der Waals surface area contributed by atoms with E-state index in [0.29, 0.717) is 11.5 Å². The van der Waals surface area contributed by atoms with Gasteiger partial charge in [0.25, 0.3) is 0 Å². The molecule has 1 heterocycles. The van der Waals surface area contributed by atoms with E-state index in [1.165, 1.54) is 0 Å². The molecule has 1 aromatic rings. The first-order valence-electron chi connectivity index (χ1n) is 4.26. The minimum atomic E-state index is -3.36. The lowest BCUT2D eigenvalue weighted by Gasteiger charge is -2.05. The molecule has 1 aromatic heterocycles. The zero-order valence-electron chi connectivity index (χ0n) is 8.44. The van der Waals surface area contributed by atoms with E-state index in [4.69, 9.17) is 10.3 Å². The van der Waals surface area contributed by atoms with Gasteiger partial charge in [0, 0.05) is 6.04 Å². The number of hydrogen-bond acceptors (Lipinski definition) is 5. The summed E-state index contributed by atoms with van der Waals surface area (Å²) in [4.78, 5) is 0.176. The Morgan fingerprint density at radius 2 is 2.07 bits per heavy atom. The van der Waals surface area contributed by atoms with Gasteiger partial charge in [-0.05, 0) is 20.8 Å². The lowest BCUT2D eigenvalue weighted by molar-refractivity contribution is 0.390. The van der Waals surface area contributed by atoms with Crippen molar-refractivity contribution in [3.05, 3.63) is 11.5 Å². The molecule has 0 fully saturated rings. The summed E-state index contributed by atoms with van der Waals surface area (Å²) >= 11 is 0. The van der Waals surface area contributed by atoms with Crippen LogP contribution in [-0.2, 0) is 9.84 Å². The summed E-state index contributed by atoms with van der Waals surface area (Å²) in [5.41, 5.74) is 5.85. The predicted octanol–water partition coefficient (Wildman–Crippen LogP) is 0.412. The molecule has 0 aromatic carbocycles. The molecular weight excluding hydrogens is 204 g/mol. The van der Waals surface area contributed by atoms with Crippen molar-refractivity contribution in [1.82, 2.24) is 5.16 Å². The molecule has 0 aliphatic rings. The van der Waals surface area contributed by atoms with Crippen molar-refractivity contribution in [3.8, 4) is 0 Å². The third kappa shape index (κ3) is 2.13. The standard InChI is InChI=1S/C8H14N2O3S/c1-5(9)4-14(11,12)8-6(2)10-13-7(8)3/h5H,4,9H2,1-3H3. The third-order valence-corrected chi connectivity index (χ3v) is 3.93. The van der Waals surface area contributed by atoms with Gasteiger partial charge in [-0.15, -0.1) is 0 Å². The molecule has 0 bridgehead atoms. The van der Waals surface area contributed by atoms with E-state index < -0.39 is 15.9 Å². The Hall–Kier alpha value is -0.880. The fraction of sp³-hybridized carbons (Fsp3) is 0.625. The van der Waals surface area contributed by atoms with Gasteiger partial charge in [0.2, 0.25) is 0 Å². The van der Waals surface area contributed by atoms with Crippen molar-refractivity contribution in [3.63, 3.8) is 0 Å². The average Bonchev–Trinajstić information content (AvgIpc) is 2.27. The molecule has 0 aliphatic heterocycles. The van der Waals surface area contributed by atoms with Crippen molar-refractivity contribution in [2.75, 3.05) is 5.75 Å². The smallest absolute Gasteiger partial charge is 0.185 e. The van der Waals surface area contributed by atoms with Crippen LogP contribution in [0.15, 0.2) is 9.42 Å². The number of nitrogens with two attached hydrogens (primary N) is 1. The van der Waals surface area contributed by atoms with E-state index >= 15 is 0 Å². The van der Waals surface area contributed by atoms with Gasteiger partial charge in [-0.2, -0.15) is 0 Å². The average molecular weight is 218 g/mol. The number of hydrogen-bond donors (Lipinski definition) is 1. The monoisotopic (exact) mass is 218 g/mol. The lowest BCUT2D eigenvalue weighted by atomic mass is 10.4. The topological polar surface area (TPSA) is 86.2 Å². The zero-order valence-corrected chi connectivity index (χ0v) is 9.26. The highest BCUT2D eigenvalue weighted by molar-refractivity contribution is 7.91. The Balaban J connectivity index is 3.17. The molecule has 80 valence electrons. The van der Waals surface area contributed by atoms with Gasteiger partial charge >= 0.3 is 0 Å². The lowest BCUT2D eigenvalue weighted by Crippen LogP contribution is -2.26. The van der Waals surface area contributed by atoms with Crippen LogP contribution in [-0.4, -0.2) is 25.4 Å². The maximum absolute atomic E-state index is 11.8. The number of aryl methyl sites for hydroxylation is 2. The highest BCUT2D eigenvalue weighted by Crippen LogP contribution is 2.20. The second kappa shape index (κ2) is 3.70. The van der Waals surface area contributed by atoms with Crippen molar-refractivity contribution in [2.24, 2.45) is 5.73 Å². The molecular formula is C8H14N2O3S. The molecule has 6 heteroatoms. The van der Waals surface area contributed by atoms with Gasteiger partial charge < -0.3 is 10.3 Å². The third-order valence-electron chi connectivity index (χ3n) is 1.76. The summed E-state index contributed by atoms with van der Waals surface area (Å²) in [5, 5.41) is 3.59. The Morgan fingerprint density at radius 1 is 1.50 bits per heavy atom. The van der Waals surface area contributed by atoms with Crippen LogP contribution in [0.25, 0.3) is 0 Å². The van der Waals surface area contributed by atoms with Crippen molar-refractivity contribution >= 4 is 9.84 Å². The fourth-order valence-corrected chi connectivity index (χ4v) is 3.17. The SMILES string of the molecule is Cc1noc(C)c1S(=O)(=O)CC(C)N. The van der Waals surface area contributed by atoms with Gasteiger partial charge in [0.1, 0.15) is 4.90 Å². The van der Waals surface area contributed by atoms with Crippen LogP contribution in [0, 0.1) is 13.8 Å². The highest BCUT2D eigenvalue weighted by atomic mass is 32.2. The maximum Gasteiger partial charge on any atom is 0.185 e. The first-order valence-corrected chi connectivity index (χ1v) is 5.91. The van der Waals surface area contributed by atoms with Gasteiger partial charge in [0.05, 0.1) is 11.4 Å². The van der Waals surface area contributed by atoms with Crippen LogP contribution in [0.2, 0.25) is 0 Å². The Morgan fingerprint density at radius 3 is 2.43 bits per heavy atom. The zero-order chi connectivity index (χ0) is 10.9. The van der Waals surface area contributed by atoms with E-state index in [-0.39, 0.29) is 10.6 Å². The summed E-state index contributed by atoms with van der Waals surface area (Å²) in [6.45, 7) is 4.83. The van der Waals surface area contributed by atoms with Gasteiger partial charge in [-0.25, -0.2) is 8.42 Å². The molecule has 0 saturated carbocycles. The molecule has 1 atom stereocenters. The van der Waals surface area contributed by atoms with Crippen molar-refractivity contribution in [1.29, 1.82) is 0 Å². The van der Waals surface area contributed by atoms with Crippen LogP contribution in [0.3, 0.4) is 0 Å². The van der Waals surface area contributed by atoms with E-state index in [1.807, 2.05) is 0 Å². The number of nitrogens with zero attached hydrogens (tertiary/aromatic N) is 1. The summed E-state index contributed by atoms with van der Waals surface area (Å²) in [7, 11) is -3.36. The molecule has 0 amide bonds. The fourth-order valence-electron chi connectivity index (χ4n) is 1.35. The van der Waals surface area contributed by atoms with Crippen LogP contribution in [0.5, 0.6) is 0 Å². The van der Waals surface area contributed by atoms with Crippen LogP contribution >= 0.6 is 0 Å². The molecule has 1 rings (SSSR count). The Kier molecular flexibility index (Phi) is 2.96. The molecule has 5 nitrogen and oxygen atoms in total. The minimum Gasteiger partial charge on any atom is -0.360 e. The largest absolute Gasteiger partial charge is 0.360 e. The predicted molar refractivity (Wildman–Crippen MR) is 51.7 cm³/mol. The molecule has 0 spiro atoms. The normalized spacial score (nSPS) is 14.3. The molecule has 0 saturated heterocycles. The van der Waals surface area contributed by atoms with Crippen LogP contribution in [0.1, 0.15) is 18.4 Å². The summed E-state index contributed by atoms with van der Waals surface area (Å²) < 4.78 is 28.3. The number of sulfone groups is 1. The second-order valence-electron chi connectivity index (χ2n) is 3.41. The summed E-state index contributed by atoms with van der Waals surface area (Å²) in [6.07, 6.45) is 0.